The van der Waals surface area contributed by atoms with Gasteiger partial charge in [-0.05, 0) is 37.5 Å². The topological polar surface area (TPSA) is 58.1 Å². The molecule has 2 fully saturated rings. The lowest BCUT2D eigenvalue weighted by Gasteiger charge is -2.37. The van der Waals surface area contributed by atoms with E-state index in [1.165, 1.54) is 25.7 Å². The van der Waals surface area contributed by atoms with E-state index in [4.69, 9.17) is 14.5 Å². The van der Waals surface area contributed by atoms with Crippen LogP contribution in [0.4, 0.5) is 0 Å². The Morgan fingerprint density at radius 3 is 2.48 bits per heavy atom. The first-order chi connectivity index (χ1) is 13.1. The second kappa shape index (κ2) is 11.9. The SMILES string of the molecule is CCNC(=NCC1(CCOC)CCCC1)NCC(C(C)C)N1CCOCC1. The second-order valence-corrected chi connectivity index (χ2v) is 8.49. The highest BCUT2D eigenvalue weighted by molar-refractivity contribution is 5.79. The summed E-state index contributed by atoms with van der Waals surface area (Å²) in [6.07, 6.45) is 6.34. The Kier molecular flexibility index (Phi) is 9.87. The van der Waals surface area contributed by atoms with Gasteiger partial charge in [-0.2, -0.15) is 0 Å². The van der Waals surface area contributed by atoms with Crippen LogP contribution in [0.3, 0.4) is 0 Å². The first-order valence-corrected chi connectivity index (χ1v) is 10.9. The van der Waals surface area contributed by atoms with Crippen LogP contribution in [0.2, 0.25) is 0 Å². The molecular weight excluding hydrogens is 340 g/mol. The van der Waals surface area contributed by atoms with E-state index in [2.05, 4.69) is 36.3 Å². The Hall–Kier alpha value is -0.850. The molecule has 1 saturated heterocycles. The number of hydrogen-bond acceptors (Lipinski definition) is 4. The van der Waals surface area contributed by atoms with Crippen molar-refractivity contribution in [3.05, 3.63) is 0 Å². The molecule has 1 heterocycles. The molecule has 1 saturated carbocycles. The maximum atomic E-state index is 5.52. The molecule has 0 amide bonds. The molecule has 0 radical (unpaired) electrons. The van der Waals surface area contributed by atoms with Gasteiger partial charge in [-0.3, -0.25) is 9.89 Å². The van der Waals surface area contributed by atoms with Gasteiger partial charge in [0.2, 0.25) is 0 Å². The second-order valence-electron chi connectivity index (χ2n) is 8.49. The minimum absolute atomic E-state index is 0.333. The lowest BCUT2D eigenvalue weighted by Crippen LogP contribution is -2.52. The van der Waals surface area contributed by atoms with Crippen LogP contribution in [0.15, 0.2) is 4.99 Å². The zero-order chi connectivity index (χ0) is 19.5. The number of methoxy groups -OCH3 is 1. The van der Waals surface area contributed by atoms with Crippen molar-refractivity contribution in [3.8, 4) is 0 Å². The molecule has 6 heteroatoms. The van der Waals surface area contributed by atoms with Gasteiger partial charge in [0.1, 0.15) is 0 Å². The average molecular weight is 383 g/mol. The Morgan fingerprint density at radius 1 is 1.19 bits per heavy atom. The molecule has 158 valence electrons. The molecule has 0 aromatic rings. The number of nitrogens with one attached hydrogen (secondary N) is 2. The van der Waals surface area contributed by atoms with E-state index in [9.17, 15) is 0 Å². The van der Waals surface area contributed by atoms with Crippen molar-refractivity contribution < 1.29 is 9.47 Å². The molecule has 1 unspecified atom stereocenters. The highest BCUT2D eigenvalue weighted by atomic mass is 16.5. The summed E-state index contributed by atoms with van der Waals surface area (Å²) < 4.78 is 10.9. The van der Waals surface area contributed by atoms with Crippen LogP contribution >= 0.6 is 0 Å². The summed E-state index contributed by atoms with van der Waals surface area (Å²) in [7, 11) is 1.80. The lowest BCUT2D eigenvalue weighted by molar-refractivity contribution is 0.00751. The molecule has 0 spiro atoms. The first-order valence-electron chi connectivity index (χ1n) is 10.9. The van der Waals surface area contributed by atoms with Gasteiger partial charge in [-0.1, -0.05) is 26.7 Å². The third-order valence-electron chi connectivity index (χ3n) is 6.18. The predicted molar refractivity (Wildman–Crippen MR) is 112 cm³/mol. The largest absolute Gasteiger partial charge is 0.385 e. The van der Waals surface area contributed by atoms with Crippen LogP contribution in [-0.4, -0.2) is 76.6 Å². The van der Waals surface area contributed by atoms with Gasteiger partial charge in [0, 0.05) is 52.5 Å². The van der Waals surface area contributed by atoms with Crippen molar-refractivity contribution in [2.45, 2.75) is 58.9 Å². The molecule has 2 N–H and O–H groups in total. The maximum Gasteiger partial charge on any atom is 0.191 e. The number of guanidine groups is 1. The summed E-state index contributed by atoms with van der Waals surface area (Å²) >= 11 is 0. The summed E-state index contributed by atoms with van der Waals surface area (Å²) in [6, 6.07) is 0.506. The lowest BCUT2D eigenvalue weighted by atomic mass is 9.83. The minimum Gasteiger partial charge on any atom is -0.385 e. The molecule has 0 bridgehead atoms. The van der Waals surface area contributed by atoms with Crippen LogP contribution in [0.5, 0.6) is 0 Å². The number of nitrogens with zero attached hydrogens (tertiary/aromatic N) is 2. The Balaban J connectivity index is 1.94. The number of rotatable bonds is 10. The predicted octanol–water partition coefficient (Wildman–Crippen LogP) is 2.50. The van der Waals surface area contributed by atoms with Gasteiger partial charge in [0.25, 0.3) is 0 Å². The van der Waals surface area contributed by atoms with E-state index in [0.717, 1.165) is 64.9 Å². The average Bonchev–Trinajstić information content (AvgIpc) is 3.14. The van der Waals surface area contributed by atoms with Crippen molar-refractivity contribution in [2.24, 2.45) is 16.3 Å². The van der Waals surface area contributed by atoms with E-state index in [1.807, 2.05) is 0 Å². The van der Waals surface area contributed by atoms with Gasteiger partial charge in [-0.25, -0.2) is 0 Å². The maximum absolute atomic E-state index is 5.52. The van der Waals surface area contributed by atoms with Crippen LogP contribution in [0.25, 0.3) is 0 Å². The monoisotopic (exact) mass is 382 g/mol. The van der Waals surface area contributed by atoms with E-state index in [0.29, 0.717) is 17.4 Å². The van der Waals surface area contributed by atoms with Crippen LogP contribution < -0.4 is 10.6 Å². The molecule has 2 rings (SSSR count). The fourth-order valence-corrected chi connectivity index (χ4v) is 4.42. The van der Waals surface area contributed by atoms with Gasteiger partial charge in [-0.15, -0.1) is 0 Å². The third kappa shape index (κ3) is 7.24. The van der Waals surface area contributed by atoms with E-state index < -0.39 is 0 Å². The first kappa shape index (κ1) is 22.4. The summed E-state index contributed by atoms with van der Waals surface area (Å²) in [4.78, 5) is 7.55. The smallest absolute Gasteiger partial charge is 0.191 e. The highest BCUT2D eigenvalue weighted by Crippen LogP contribution is 2.41. The van der Waals surface area contributed by atoms with Gasteiger partial charge in [0.05, 0.1) is 13.2 Å². The molecule has 2 aliphatic rings. The molecule has 6 nitrogen and oxygen atoms in total. The van der Waals surface area contributed by atoms with Crippen LogP contribution in [-0.2, 0) is 9.47 Å². The molecule has 27 heavy (non-hydrogen) atoms. The molecule has 1 atom stereocenters. The van der Waals surface area contributed by atoms with Gasteiger partial charge < -0.3 is 20.1 Å². The van der Waals surface area contributed by atoms with Crippen molar-refractivity contribution in [1.29, 1.82) is 0 Å². The normalized spacial score (nSPS) is 22.2. The van der Waals surface area contributed by atoms with Crippen molar-refractivity contribution in [2.75, 3.05) is 59.7 Å². The third-order valence-corrected chi connectivity index (χ3v) is 6.18. The van der Waals surface area contributed by atoms with Crippen LogP contribution in [0, 0.1) is 11.3 Å². The Morgan fingerprint density at radius 2 is 1.89 bits per heavy atom. The summed E-state index contributed by atoms with van der Waals surface area (Å²) in [5.74, 6) is 1.56. The molecule has 1 aliphatic carbocycles. The number of hydrogen-bond donors (Lipinski definition) is 2. The van der Waals surface area contributed by atoms with Gasteiger partial charge >= 0.3 is 0 Å². The molecule has 0 aromatic carbocycles. The summed E-state index contributed by atoms with van der Waals surface area (Å²) in [5, 5.41) is 7.06. The van der Waals surface area contributed by atoms with Crippen LogP contribution in [0.1, 0.15) is 52.9 Å². The molecular formula is C21H42N4O2. The zero-order valence-corrected chi connectivity index (χ0v) is 18.1. The number of ether oxygens (including phenoxy) is 2. The minimum atomic E-state index is 0.333. The van der Waals surface area contributed by atoms with E-state index in [1.54, 1.807) is 7.11 Å². The Bertz CT molecular complexity index is 430. The van der Waals surface area contributed by atoms with Gasteiger partial charge in [0.15, 0.2) is 5.96 Å². The molecule has 1 aliphatic heterocycles. The van der Waals surface area contributed by atoms with E-state index >= 15 is 0 Å². The quantitative estimate of drug-likeness (QED) is 0.449. The number of aliphatic imine (C=N–C) groups is 1. The highest BCUT2D eigenvalue weighted by Gasteiger charge is 2.33. The fourth-order valence-electron chi connectivity index (χ4n) is 4.42. The fraction of sp³-hybridized carbons (Fsp3) is 0.952. The summed E-state index contributed by atoms with van der Waals surface area (Å²) in [5.41, 5.74) is 0.333. The molecule has 0 aromatic heterocycles. The van der Waals surface area contributed by atoms with Crippen molar-refractivity contribution in [1.82, 2.24) is 15.5 Å². The summed E-state index contributed by atoms with van der Waals surface area (Å²) in [6.45, 7) is 14.1. The van der Waals surface area contributed by atoms with Crippen molar-refractivity contribution >= 4 is 5.96 Å². The number of morpholine rings is 1. The Labute approximate surface area is 166 Å². The standard InChI is InChI=1S/C21H42N4O2/c1-5-22-20(24-17-21(10-13-26-4)8-6-7-9-21)23-16-19(18(2)3)25-11-14-27-15-12-25/h18-19H,5-17H2,1-4H3,(H2,22,23,24). The van der Waals surface area contributed by atoms with Crippen molar-refractivity contribution in [3.63, 3.8) is 0 Å². The zero-order valence-electron chi connectivity index (χ0n) is 18.1. The van der Waals surface area contributed by atoms with E-state index in [-0.39, 0.29) is 0 Å².